The zero-order chi connectivity index (χ0) is 29.0. The molecule has 0 bridgehead atoms. The van der Waals surface area contributed by atoms with Gasteiger partial charge in [-0.3, -0.25) is 0 Å². The molecule has 1 saturated heterocycles. The number of carbonyl (C=O) groups excluding carboxylic acids is 1. The molecule has 222 valence electrons. The number of unbranched alkanes of at least 4 members (excludes halogenated alkanes) is 6. The number of benzene rings is 3. The van der Waals surface area contributed by atoms with E-state index in [1.54, 1.807) is 0 Å². The third kappa shape index (κ3) is 7.80. The zero-order valence-corrected chi connectivity index (χ0v) is 27.3. The Hall–Kier alpha value is -2.20. The molecule has 0 aromatic heterocycles. The van der Waals surface area contributed by atoms with Crippen LogP contribution in [0.4, 0.5) is 4.79 Å². The molecule has 1 aliphatic rings. The van der Waals surface area contributed by atoms with Gasteiger partial charge in [-0.05, 0) is 26.7 Å². The van der Waals surface area contributed by atoms with Gasteiger partial charge in [-0.2, -0.15) is 0 Å². The van der Waals surface area contributed by atoms with Crippen LogP contribution in [0.5, 0.6) is 0 Å². The summed E-state index contributed by atoms with van der Waals surface area (Å²) in [5.41, 5.74) is -0.407. The van der Waals surface area contributed by atoms with Gasteiger partial charge in [0.05, 0.1) is 5.60 Å². The number of rotatable bonds is 14. The van der Waals surface area contributed by atoms with Crippen LogP contribution >= 0.6 is 20.8 Å². The SMILES string of the molecule is CC1(C)OCCCC1OC(=O)NCCCCCCCCCP(Br)(c1ccccc1)(c1ccccc1)c1ccccc1. The number of ether oxygens (including phenoxy) is 2. The van der Waals surface area contributed by atoms with Crippen LogP contribution in [0.1, 0.15) is 71.6 Å². The van der Waals surface area contributed by atoms with E-state index in [-0.39, 0.29) is 12.2 Å². The summed E-state index contributed by atoms with van der Waals surface area (Å²) < 4.78 is 11.4. The van der Waals surface area contributed by atoms with E-state index >= 15 is 0 Å². The molecule has 41 heavy (non-hydrogen) atoms. The van der Waals surface area contributed by atoms with Gasteiger partial charge in [-0.25, -0.2) is 0 Å². The molecule has 1 heterocycles. The average Bonchev–Trinajstić information content (AvgIpc) is 3.00. The first-order valence-corrected chi connectivity index (χ1v) is 19.8. The molecule has 0 saturated carbocycles. The normalized spacial score (nSPS) is 17.7. The number of hydrogen-bond donors (Lipinski definition) is 1. The first-order chi connectivity index (χ1) is 19.8. The molecule has 1 atom stereocenters. The Morgan fingerprint density at radius 3 is 1.76 bits per heavy atom. The van der Waals surface area contributed by atoms with Crippen molar-refractivity contribution >= 4 is 42.8 Å². The fraction of sp³-hybridized carbons (Fsp3) is 0.457. The van der Waals surface area contributed by atoms with Crippen molar-refractivity contribution in [2.24, 2.45) is 0 Å². The predicted molar refractivity (Wildman–Crippen MR) is 179 cm³/mol. The van der Waals surface area contributed by atoms with Crippen molar-refractivity contribution in [1.82, 2.24) is 5.32 Å². The summed E-state index contributed by atoms with van der Waals surface area (Å²) in [7, 11) is 0. The van der Waals surface area contributed by atoms with Gasteiger partial charge >= 0.3 is 206 Å². The fourth-order valence-corrected chi connectivity index (χ4v) is 13.8. The Kier molecular flexibility index (Phi) is 11.5. The monoisotopic (exact) mass is 639 g/mol. The number of nitrogens with one attached hydrogen (secondary N) is 1. The molecule has 1 unspecified atom stereocenters. The van der Waals surface area contributed by atoms with Crippen LogP contribution < -0.4 is 21.2 Å². The number of carbonyl (C=O) groups is 1. The second-order valence-corrected chi connectivity index (χ2v) is 20.9. The van der Waals surface area contributed by atoms with E-state index in [1.165, 1.54) is 41.6 Å². The molecular formula is C35H47BrNO3P. The van der Waals surface area contributed by atoms with Crippen molar-refractivity contribution in [2.45, 2.75) is 83.3 Å². The van der Waals surface area contributed by atoms with E-state index in [4.69, 9.17) is 9.47 Å². The van der Waals surface area contributed by atoms with Crippen LogP contribution in [0, 0.1) is 0 Å². The van der Waals surface area contributed by atoms with Gasteiger partial charge in [0, 0.05) is 6.61 Å². The Balaban J connectivity index is 1.25. The number of alkyl carbamates (subject to hydrolysis) is 1. The summed E-state index contributed by atoms with van der Waals surface area (Å²) in [4.78, 5) is 12.2. The van der Waals surface area contributed by atoms with Crippen molar-refractivity contribution in [3.05, 3.63) is 91.0 Å². The molecule has 3 aromatic carbocycles. The molecule has 3 aromatic rings. The van der Waals surface area contributed by atoms with Gasteiger partial charge in [-0.1, -0.05) is 0 Å². The quantitative estimate of drug-likeness (QED) is 0.143. The van der Waals surface area contributed by atoms with Gasteiger partial charge in [0.15, 0.2) is 0 Å². The summed E-state index contributed by atoms with van der Waals surface area (Å²) in [6.07, 6.45) is 10.5. The molecule has 6 heteroatoms. The second-order valence-electron chi connectivity index (χ2n) is 11.8. The van der Waals surface area contributed by atoms with Crippen LogP contribution in [-0.2, 0) is 9.47 Å². The number of hydrogen-bond acceptors (Lipinski definition) is 3. The van der Waals surface area contributed by atoms with Crippen LogP contribution in [0.3, 0.4) is 0 Å². The Morgan fingerprint density at radius 1 is 0.805 bits per heavy atom. The molecule has 1 amide bonds. The molecular weight excluding hydrogens is 593 g/mol. The van der Waals surface area contributed by atoms with Crippen molar-refractivity contribution in [1.29, 1.82) is 0 Å². The Bertz CT molecular complexity index is 1110. The summed E-state index contributed by atoms with van der Waals surface area (Å²) in [6.45, 7) is 5.39. The van der Waals surface area contributed by atoms with Crippen molar-refractivity contribution in [3.8, 4) is 0 Å². The third-order valence-electron chi connectivity index (χ3n) is 8.52. The van der Waals surface area contributed by atoms with E-state index in [2.05, 4.69) is 112 Å². The molecule has 4 nitrogen and oxygen atoms in total. The maximum absolute atomic E-state index is 12.2. The summed E-state index contributed by atoms with van der Waals surface area (Å²) in [5.74, 6) is 0. The summed E-state index contributed by atoms with van der Waals surface area (Å²) in [6, 6.07) is 33.2. The van der Waals surface area contributed by atoms with Crippen LogP contribution in [0.2, 0.25) is 0 Å². The second kappa shape index (κ2) is 14.8. The molecule has 0 aliphatic carbocycles. The van der Waals surface area contributed by atoms with E-state index in [0.717, 1.165) is 44.9 Å². The minimum absolute atomic E-state index is 0.179. The molecule has 0 spiro atoms. The first kappa shape index (κ1) is 31.7. The van der Waals surface area contributed by atoms with E-state index < -0.39 is 10.9 Å². The van der Waals surface area contributed by atoms with Crippen LogP contribution in [-0.4, -0.2) is 37.1 Å². The maximum atomic E-state index is 12.2. The average molecular weight is 641 g/mol. The topological polar surface area (TPSA) is 47.6 Å². The number of amides is 1. The van der Waals surface area contributed by atoms with E-state index in [1.807, 2.05) is 13.8 Å². The molecule has 1 N–H and O–H groups in total. The molecule has 0 radical (unpaired) electrons. The minimum atomic E-state index is -2.81. The molecule has 1 aliphatic heterocycles. The van der Waals surface area contributed by atoms with Gasteiger partial charge in [0.2, 0.25) is 0 Å². The van der Waals surface area contributed by atoms with Gasteiger partial charge in [0.25, 0.3) is 0 Å². The fourth-order valence-electron chi connectivity index (χ4n) is 6.08. The van der Waals surface area contributed by atoms with E-state index in [9.17, 15) is 4.79 Å². The van der Waals surface area contributed by atoms with Crippen LogP contribution in [0.15, 0.2) is 91.0 Å². The first-order valence-electron chi connectivity index (χ1n) is 15.3. The van der Waals surface area contributed by atoms with Gasteiger partial charge < -0.3 is 4.74 Å². The summed E-state index contributed by atoms with van der Waals surface area (Å²) >= 11 is 4.56. The van der Waals surface area contributed by atoms with Crippen molar-refractivity contribution < 1.29 is 14.3 Å². The van der Waals surface area contributed by atoms with Gasteiger partial charge in [0.1, 0.15) is 6.10 Å². The third-order valence-corrected chi connectivity index (χ3v) is 18.5. The van der Waals surface area contributed by atoms with Crippen molar-refractivity contribution in [2.75, 3.05) is 19.3 Å². The predicted octanol–water partition coefficient (Wildman–Crippen LogP) is 8.24. The van der Waals surface area contributed by atoms with E-state index in [0.29, 0.717) is 6.54 Å². The molecule has 1 fully saturated rings. The van der Waals surface area contributed by atoms with Crippen molar-refractivity contribution in [3.63, 3.8) is 0 Å². The Morgan fingerprint density at radius 2 is 1.27 bits per heavy atom. The number of halogens is 1. The standard InChI is InChI=1S/C35H47BrNO3P/c1-35(2)33(26-19-28-39-35)40-34(38)37-27-17-6-4-3-5-7-18-29-41(36,30-20-11-8-12-21-30,31-22-13-9-14-23-31)32-24-15-10-16-25-32/h8-16,20-25,33H,3-7,17-19,26-29H2,1-2H3,(H,37,38). The Labute approximate surface area is 255 Å². The van der Waals surface area contributed by atoms with Gasteiger partial charge in [-0.15, -0.1) is 0 Å². The summed E-state index contributed by atoms with van der Waals surface area (Å²) in [5, 5.41) is 4.29. The zero-order valence-electron chi connectivity index (χ0n) is 24.8. The van der Waals surface area contributed by atoms with Crippen LogP contribution in [0.25, 0.3) is 0 Å². The molecule has 4 rings (SSSR count).